The summed E-state index contributed by atoms with van der Waals surface area (Å²) >= 11 is 0. The molecule has 392 valence electrons. The van der Waals surface area contributed by atoms with Gasteiger partial charge in [0.15, 0.2) is 23.9 Å². The van der Waals surface area contributed by atoms with Gasteiger partial charge in [0.05, 0.1) is 40.8 Å². The number of ether oxygens (including phenoxy) is 6. The minimum absolute atomic E-state index is 0.0791. The number of aryl methyl sites for hydroxylation is 4. The first kappa shape index (κ1) is 53.8. The Hall–Kier alpha value is -7.94. The maximum atomic E-state index is 13.6. The lowest BCUT2D eigenvalue weighted by Gasteiger charge is -2.22. The highest BCUT2D eigenvalue weighted by molar-refractivity contribution is 7.93. The van der Waals surface area contributed by atoms with Crippen LogP contribution in [0.15, 0.2) is 94.5 Å². The molecule has 0 aliphatic rings. The highest BCUT2D eigenvalue weighted by Crippen LogP contribution is 2.40. The van der Waals surface area contributed by atoms with Gasteiger partial charge in [-0.2, -0.15) is 0 Å². The zero-order valence-electron chi connectivity index (χ0n) is 42.6. The highest BCUT2D eigenvalue weighted by atomic mass is 32.2. The van der Waals surface area contributed by atoms with Crippen LogP contribution < -0.4 is 28.4 Å². The Bertz CT molecular complexity index is 3180. The third-order valence-electron chi connectivity index (χ3n) is 11.4. The van der Waals surface area contributed by atoms with Gasteiger partial charge in [-0.05, 0) is 89.1 Å². The molecule has 8 rings (SSSR count). The third kappa shape index (κ3) is 11.3. The standard InChI is InChI=1S/2C24H28N6O6S/c2*1-14-10-17(13-25-11-14)22-27-28-24(30(22)20-18(33-4)8-7-9-19(20)34-5)29-37(31,32)16(3)21(35-6)23-26-12-15(2)36-23/h2*7-13,16,21H,1-6H3,(H,28,29)/t2*16-,21-/m10/s1. The fraction of sp³-hybridized carbons (Fsp3) is 0.333. The first-order chi connectivity index (χ1) is 35.4. The molecule has 0 aliphatic carbocycles. The smallest absolute Gasteiger partial charge is 0.243 e. The van der Waals surface area contributed by atoms with E-state index in [9.17, 15) is 16.8 Å². The lowest BCUT2D eigenvalue weighted by Crippen LogP contribution is -2.33. The lowest BCUT2D eigenvalue weighted by atomic mass is 10.2. The molecule has 0 saturated heterocycles. The molecule has 74 heavy (non-hydrogen) atoms. The Morgan fingerprint density at radius 1 is 0.514 bits per heavy atom. The number of rotatable bonds is 20. The molecule has 26 heteroatoms. The zero-order chi connectivity index (χ0) is 53.5. The Balaban J connectivity index is 0.000000216. The molecule has 6 aromatic heterocycles. The lowest BCUT2D eigenvalue weighted by molar-refractivity contribution is 0.0779. The summed E-state index contributed by atoms with van der Waals surface area (Å²) < 4.78 is 107. The molecular weight excluding hydrogens is 1000 g/mol. The van der Waals surface area contributed by atoms with Gasteiger partial charge in [-0.25, -0.2) is 26.8 Å². The highest BCUT2D eigenvalue weighted by Gasteiger charge is 2.38. The molecule has 6 heterocycles. The van der Waals surface area contributed by atoms with Crippen molar-refractivity contribution in [1.29, 1.82) is 0 Å². The normalized spacial score (nSPS) is 13.2. The molecule has 4 atom stereocenters. The van der Waals surface area contributed by atoms with Crippen LogP contribution in [0.2, 0.25) is 0 Å². The van der Waals surface area contributed by atoms with E-state index in [0.29, 0.717) is 68.7 Å². The molecule has 8 aromatic rings. The fourth-order valence-corrected chi connectivity index (χ4v) is 9.97. The van der Waals surface area contributed by atoms with Gasteiger partial charge in [0.1, 0.15) is 56.4 Å². The summed E-state index contributed by atoms with van der Waals surface area (Å²) in [4.78, 5) is 16.8. The maximum Gasteiger partial charge on any atom is 0.243 e. The average Bonchev–Trinajstić information content (AvgIpc) is 4.21. The number of aromatic nitrogens is 10. The van der Waals surface area contributed by atoms with Crippen LogP contribution in [0.1, 0.15) is 60.5 Å². The minimum Gasteiger partial charge on any atom is -0.494 e. The van der Waals surface area contributed by atoms with Crippen LogP contribution in [-0.4, -0.2) is 119 Å². The molecule has 0 bridgehead atoms. The second-order valence-electron chi connectivity index (χ2n) is 16.5. The first-order valence-corrected chi connectivity index (χ1v) is 25.6. The van der Waals surface area contributed by atoms with Gasteiger partial charge in [-0.1, -0.05) is 12.1 Å². The van der Waals surface area contributed by atoms with E-state index in [1.807, 2.05) is 26.0 Å². The van der Waals surface area contributed by atoms with Crippen LogP contribution >= 0.6 is 0 Å². The maximum absolute atomic E-state index is 13.6. The average molecular weight is 1060 g/mol. The number of pyridine rings is 2. The van der Waals surface area contributed by atoms with Crippen molar-refractivity contribution < 1.29 is 54.1 Å². The van der Waals surface area contributed by atoms with E-state index >= 15 is 0 Å². The molecule has 0 spiro atoms. The molecule has 0 amide bonds. The largest absolute Gasteiger partial charge is 0.494 e. The third-order valence-corrected chi connectivity index (χ3v) is 14.8. The number of nitrogens with one attached hydrogen (secondary N) is 2. The molecule has 0 saturated carbocycles. The van der Waals surface area contributed by atoms with Gasteiger partial charge in [0.2, 0.25) is 43.7 Å². The van der Waals surface area contributed by atoms with Crippen molar-refractivity contribution in [2.45, 2.75) is 64.3 Å². The van der Waals surface area contributed by atoms with E-state index in [-0.39, 0.29) is 23.7 Å². The summed E-state index contributed by atoms with van der Waals surface area (Å²) in [7, 11) is 0.584. The molecule has 0 radical (unpaired) electrons. The number of oxazole rings is 2. The van der Waals surface area contributed by atoms with E-state index in [2.05, 4.69) is 49.8 Å². The van der Waals surface area contributed by atoms with Crippen LogP contribution in [0.4, 0.5) is 11.9 Å². The monoisotopic (exact) mass is 1060 g/mol. The number of benzene rings is 2. The minimum atomic E-state index is -4.11. The molecule has 0 fully saturated rings. The Morgan fingerprint density at radius 3 is 1.15 bits per heavy atom. The fourth-order valence-electron chi connectivity index (χ4n) is 7.72. The Kier molecular flexibility index (Phi) is 16.6. The topological polar surface area (TPSA) is 287 Å². The number of nitrogens with zero attached hydrogens (tertiary/aromatic N) is 10. The number of para-hydroxylation sites is 2. The summed E-state index contributed by atoms with van der Waals surface area (Å²) in [6, 6.07) is 14.1. The van der Waals surface area contributed by atoms with E-state index in [4.69, 9.17) is 37.3 Å². The second-order valence-corrected chi connectivity index (χ2v) is 20.6. The van der Waals surface area contributed by atoms with E-state index in [0.717, 1.165) is 11.1 Å². The van der Waals surface area contributed by atoms with E-state index in [1.165, 1.54) is 78.0 Å². The summed E-state index contributed by atoms with van der Waals surface area (Å²) in [5, 5.41) is 14.7. The predicted molar refractivity (Wildman–Crippen MR) is 271 cm³/mol. The number of anilines is 2. The van der Waals surface area contributed by atoms with Gasteiger partial charge in [0.25, 0.3) is 0 Å². The van der Waals surface area contributed by atoms with Crippen LogP contribution in [0, 0.1) is 27.7 Å². The van der Waals surface area contributed by atoms with Crippen LogP contribution in [-0.2, 0) is 29.5 Å². The summed E-state index contributed by atoms with van der Waals surface area (Å²) in [5.74, 6) is 3.54. The van der Waals surface area contributed by atoms with Crippen LogP contribution in [0.3, 0.4) is 0 Å². The van der Waals surface area contributed by atoms with Crippen molar-refractivity contribution >= 4 is 31.9 Å². The van der Waals surface area contributed by atoms with Gasteiger partial charge in [-0.3, -0.25) is 28.5 Å². The van der Waals surface area contributed by atoms with Gasteiger partial charge in [0, 0.05) is 50.1 Å². The van der Waals surface area contributed by atoms with Crippen molar-refractivity contribution in [3.8, 4) is 57.1 Å². The van der Waals surface area contributed by atoms with Gasteiger partial charge < -0.3 is 37.3 Å². The van der Waals surface area contributed by atoms with Crippen molar-refractivity contribution in [2.75, 3.05) is 52.1 Å². The summed E-state index contributed by atoms with van der Waals surface area (Å²) in [6.07, 6.45) is 7.70. The molecule has 0 unspecified atom stereocenters. The molecule has 0 aliphatic heterocycles. The van der Waals surface area contributed by atoms with Crippen molar-refractivity contribution in [1.82, 2.24) is 49.5 Å². The Labute approximate surface area is 427 Å². The molecular formula is C48H56N12O12S2. The van der Waals surface area contributed by atoms with E-state index in [1.54, 1.807) is 75.0 Å². The number of methoxy groups -OCH3 is 6. The zero-order valence-corrected chi connectivity index (χ0v) is 44.2. The Morgan fingerprint density at radius 2 is 0.865 bits per heavy atom. The number of hydrogen-bond donors (Lipinski definition) is 2. The number of hydrogen-bond acceptors (Lipinski definition) is 20. The molecule has 2 N–H and O–H groups in total. The molecule has 24 nitrogen and oxygen atoms in total. The number of sulfonamides is 2. The van der Waals surface area contributed by atoms with Crippen LogP contribution in [0.25, 0.3) is 34.2 Å². The predicted octanol–water partition coefficient (Wildman–Crippen LogP) is 6.94. The molecule has 2 aromatic carbocycles. The quantitative estimate of drug-likeness (QED) is 0.0781. The van der Waals surface area contributed by atoms with Gasteiger partial charge in [-0.15, -0.1) is 20.4 Å². The summed E-state index contributed by atoms with van der Waals surface area (Å²) in [6.45, 7) is 10.2. The summed E-state index contributed by atoms with van der Waals surface area (Å²) in [5.41, 5.74) is 3.82. The van der Waals surface area contributed by atoms with Crippen molar-refractivity contribution in [3.63, 3.8) is 0 Å². The first-order valence-electron chi connectivity index (χ1n) is 22.5. The van der Waals surface area contributed by atoms with Crippen LogP contribution in [0.5, 0.6) is 23.0 Å². The SMILES string of the molecule is COc1cccc(OC)c1-n1c(NS(=O)(=O)[C@@H](C)[C@H](OC)c2ncc(C)o2)nnc1-c1cncc(C)c1.COc1cccc(OC)c1-n1c(NS(=O)(=O)[C@H](C)[C@@H](OC)c2ncc(C)o2)nnc1-c1cncc(C)c1. The van der Waals surface area contributed by atoms with Gasteiger partial charge >= 0.3 is 0 Å². The van der Waals surface area contributed by atoms with Crippen molar-refractivity contribution in [3.05, 3.63) is 120 Å². The van der Waals surface area contributed by atoms with Crippen molar-refractivity contribution in [2.24, 2.45) is 0 Å². The van der Waals surface area contributed by atoms with E-state index < -0.39 is 42.8 Å². The second kappa shape index (κ2) is 22.9.